The molecule has 1 heterocycles. The van der Waals surface area contributed by atoms with Gasteiger partial charge >= 0.3 is 6.18 Å². The third-order valence-corrected chi connectivity index (χ3v) is 6.21. The van der Waals surface area contributed by atoms with Crippen LogP contribution in [0.5, 0.6) is 0 Å². The Labute approximate surface area is 112 Å². The van der Waals surface area contributed by atoms with Crippen molar-refractivity contribution in [2.45, 2.75) is 45.2 Å². The topological polar surface area (TPSA) is 37.4 Å². The van der Waals surface area contributed by atoms with E-state index < -0.39 is 28.4 Å². The van der Waals surface area contributed by atoms with Crippen LogP contribution in [-0.2, 0) is 10.0 Å². The van der Waals surface area contributed by atoms with Crippen LogP contribution in [-0.4, -0.2) is 37.7 Å². The number of hydrogen-bond donors (Lipinski definition) is 0. The van der Waals surface area contributed by atoms with Crippen LogP contribution in [0.2, 0.25) is 0 Å². The van der Waals surface area contributed by atoms with E-state index in [1.807, 2.05) is 0 Å². The summed E-state index contributed by atoms with van der Waals surface area (Å²) in [6, 6.07) is 0. The first-order valence-electron chi connectivity index (χ1n) is 6.67. The van der Waals surface area contributed by atoms with E-state index in [1.165, 1.54) is 4.31 Å². The highest BCUT2D eigenvalue weighted by Crippen LogP contribution is 2.48. The fourth-order valence-electron chi connectivity index (χ4n) is 3.37. The predicted molar refractivity (Wildman–Crippen MR) is 66.1 cm³/mol. The molecule has 0 aromatic carbocycles. The second kappa shape index (κ2) is 4.91. The van der Waals surface area contributed by atoms with Crippen molar-refractivity contribution in [3.63, 3.8) is 0 Å². The predicted octanol–water partition coefficient (Wildman–Crippen LogP) is 2.78. The summed E-state index contributed by atoms with van der Waals surface area (Å²) < 4.78 is 61.5. The summed E-state index contributed by atoms with van der Waals surface area (Å²) in [4.78, 5) is 0. The number of halogens is 3. The van der Waals surface area contributed by atoms with Crippen LogP contribution >= 0.6 is 0 Å². The van der Waals surface area contributed by atoms with E-state index in [0.29, 0.717) is 19.0 Å². The molecule has 2 fully saturated rings. The van der Waals surface area contributed by atoms with Crippen LogP contribution in [0, 0.1) is 11.3 Å². The van der Waals surface area contributed by atoms with Gasteiger partial charge in [-0.05, 0) is 30.6 Å². The Hall–Kier alpha value is -0.300. The molecule has 0 N–H and O–H groups in total. The van der Waals surface area contributed by atoms with Crippen LogP contribution < -0.4 is 0 Å². The Morgan fingerprint density at radius 1 is 1.32 bits per heavy atom. The first-order chi connectivity index (χ1) is 8.62. The van der Waals surface area contributed by atoms with Crippen molar-refractivity contribution in [3.05, 3.63) is 0 Å². The lowest BCUT2D eigenvalue weighted by molar-refractivity contribution is -0.130. The fourth-order valence-corrected chi connectivity index (χ4v) is 4.96. The molecule has 1 aliphatic carbocycles. The third-order valence-electron chi connectivity index (χ3n) is 4.39. The molecule has 2 aliphatic rings. The molecule has 1 spiro atoms. The maximum Gasteiger partial charge on any atom is 0.390 e. The largest absolute Gasteiger partial charge is 0.390 e. The van der Waals surface area contributed by atoms with E-state index in [-0.39, 0.29) is 5.41 Å². The van der Waals surface area contributed by atoms with Gasteiger partial charge in [-0.25, -0.2) is 12.7 Å². The van der Waals surface area contributed by atoms with E-state index in [2.05, 4.69) is 6.92 Å². The zero-order chi connectivity index (χ0) is 14.3. The SMILES string of the molecule is CC1CCC2(CCN(S(=O)(=O)CCC(F)(F)F)C2)C1. The quantitative estimate of drug-likeness (QED) is 0.803. The lowest BCUT2D eigenvalue weighted by atomic mass is 9.85. The van der Waals surface area contributed by atoms with Gasteiger partial charge in [0.1, 0.15) is 0 Å². The highest BCUT2D eigenvalue weighted by molar-refractivity contribution is 7.89. The molecule has 2 atom stereocenters. The van der Waals surface area contributed by atoms with Gasteiger partial charge in [-0.3, -0.25) is 0 Å². The van der Waals surface area contributed by atoms with E-state index in [9.17, 15) is 21.6 Å². The molecular weight excluding hydrogens is 279 g/mol. The Morgan fingerprint density at radius 3 is 2.53 bits per heavy atom. The van der Waals surface area contributed by atoms with Crippen LogP contribution in [0.4, 0.5) is 13.2 Å². The average molecular weight is 299 g/mol. The molecule has 0 amide bonds. The van der Waals surface area contributed by atoms with Gasteiger partial charge in [-0.15, -0.1) is 0 Å². The number of rotatable bonds is 3. The summed E-state index contributed by atoms with van der Waals surface area (Å²) in [6.07, 6.45) is -1.78. The number of hydrogen-bond acceptors (Lipinski definition) is 2. The highest BCUT2D eigenvalue weighted by atomic mass is 32.2. The minimum absolute atomic E-state index is 0.0325. The van der Waals surface area contributed by atoms with Crippen LogP contribution in [0.15, 0.2) is 0 Å². The van der Waals surface area contributed by atoms with Crippen molar-refractivity contribution in [2.24, 2.45) is 11.3 Å². The van der Waals surface area contributed by atoms with E-state index in [4.69, 9.17) is 0 Å². The van der Waals surface area contributed by atoms with Crippen molar-refractivity contribution in [1.29, 1.82) is 0 Å². The standard InChI is InChI=1S/C12H20F3NO2S/c1-10-2-3-11(8-10)4-6-16(9-11)19(17,18)7-5-12(13,14)15/h10H,2-9H2,1H3. The molecule has 1 saturated carbocycles. The van der Waals surface area contributed by atoms with Crippen molar-refractivity contribution in [2.75, 3.05) is 18.8 Å². The Kier molecular flexibility index (Phi) is 3.90. The molecule has 2 rings (SSSR count). The second-order valence-corrected chi connectivity index (χ2v) is 8.20. The van der Waals surface area contributed by atoms with Gasteiger partial charge in [-0.1, -0.05) is 13.3 Å². The lowest BCUT2D eigenvalue weighted by Crippen LogP contribution is -2.34. The van der Waals surface area contributed by atoms with E-state index in [1.54, 1.807) is 0 Å². The van der Waals surface area contributed by atoms with Gasteiger partial charge in [0.05, 0.1) is 12.2 Å². The van der Waals surface area contributed by atoms with Crippen molar-refractivity contribution in [3.8, 4) is 0 Å². The molecule has 0 bridgehead atoms. The zero-order valence-corrected chi connectivity index (χ0v) is 11.9. The minimum atomic E-state index is -4.41. The molecule has 0 aromatic heterocycles. The monoisotopic (exact) mass is 299 g/mol. The van der Waals surface area contributed by atoms with E-state index >= 15 is 0 Å². The van der Waals surface area contributed by atoms with Gasteiger partial charge in [0.15, 0.2) is 0 Å². The Balaban J connectivity index is 1.96. The first kappa shape index (κ1) is 15.1. The molecule has 112 valence electrons. The van der Waals surface area contributed by atoms with Crippen molar-refractivity contribution in [1.82, 2.24) is 4.31 Å². The van der Waals surface area contributed by atoms with Gasteiger partial charge < -0.3 is 0 Å². The maximum absolute atomic E-state index is 12.1. The van der Waals surface area contributed by atoms with Gasteiger partial charge in [0.25, 0.3) is 0 Å². The summed E-state index contributed by atoms with van der Waals surface area (Å²) in [5.74, 6) is -0.222. The van der Waals surface area contributed by atoms with Gasteiger partial charge in [0.2, 0.25) is 10.0 Å². The summed E-state index contributed by atoms with van der Waals surface area (Å²) >= 11 is 0. The normalized spacial score (nSPS) is 33.4. The van der Waals surface area contributed by atoms with Crippen LogP contribution in [0.25, 0.3) is 0 Å². The maximum atomic E-state index is 12.1. The zero-order valence-electron chi connectivity index (χ0n) is 11.0. The van der Waals surface area contributed by atoms with Crippen molar-refractivity contribution < 1.29 is 21.6 Å². The second-order valence-electron chi connectivity index (χ2n) is 6.11. The fraction of sp³-hybridized carbons (Fsp3) is 1.00. The van der Waals surface area contributed by atoms with Crippen LogP contribution in [0.1, 0.15) is 39.0 Å². The number of nitrogens with zero attached hydrogens (tertiary/aromatic N) is 1. The summed E-state index contributed by atoms with van der Waals surface area (Å²) in [5, 5.41) is 0. The van der Waals surface area contributed by atoms with Crippen LogP contribution in [0.3, 0.4) is 0 Å². The molecular formula is C12H20F3NO2S. The lowest BCUT2D eigenvalue weighted by Gasteiger charge is -2.24. The smallest absolute Gasteiger partial charge is 0.212 e. The summed E-state index contributed by atoms with van der Waals surface area (Å²) in [7, 11) is -3.76. The molecule has 0 aromatic rings. The van der Waals surface area contributed by atoms with Crippen molar-refractivity contribution >= 4 is 10.0 Å². The molecule has 1 aliphatic heterocycles. The minimum Gasteiger partial charge on any atom is -0.212 e. The first-order valence-corrected chi connectivity index (χ1v) is 8.27. The highest BCUT2D eigenvalue weighted by Gasteiger charge is 2.46. The summed E-state index contributed by atoms with van der Waals surface area (Å²) in [6.45, 7) is 2.94. The third kappa shape index (κ3) is 3.62. The molecule has 1 saturated heterocycles. The molecule has 7 heteroatoms. The van der Waals surface area contributed by atoms with Gasteiger partial charge in [-0.2, -0.15) is 13.2 Å². The Morgan fingerprint density at radius 2 is 2.00 bits per heavy atom. The molecule has 3 nitrogen and oxygen atoms in total. The number of alkyl halides is 3. The number of sulfonamides is 1. The van der Waals surface area contributed by atoms with E-state index in [0.717, 1.165) is 25.7 Å². The Bertz CT molecular complexity index is 435. The van der Waals surface area contributed by atoms with Gasteiger partial charge in [0, 0.05) is 13.1 Å². The summed E-state index contributed by atoms with van der Waals surface area (Å²) in [5.41, 5.74) is 0.0325. The molecule has 0 radical (unpaired) electrons. The molecule has 2 unspecified atom stereocenters. The average Bonchev–Trinajstić information content (AvgIpc) is 2.84. The molecule has 19 heavy (non-hydrogen) atoms.